The van der Waals surface area contributed by atoms with Gasteiger partial charge in [0.2, 0.25) is 0 Å². The molecule has 8 nitrogen and oxygen atoms in total. The van der Waals surface area contributed by atoms with Crippen molar-refractivity contribution in [2.45, 2.75) is 19.4 Å². The molecule has 0 saturated carbocycles. The SMILES string of the molecule is CC(C)(NC(=O)Nc1ccc(Br)c([N+](=O)[O-])c1)C(=O)O. The summed E-state index contributed by atoms with van der Waals surface area (Å²) < 4.78 is 0.277. The van der Waals surface area contributed by atoms with E-state index >= 15 is 0 Å². The average Bonchev–Trinajstić information content (AvgIpc) is 2.30. The highest BCUT2D eigenvalue weighted by molar-refractivity contribution is 9.10. The molecule has 0 atom stereocenters. The third-order valence-corrected chi connectivity index (χ3v) is 3.03. The second-order valence-electron chi connectivity index (χ2n) is 4.43. The van der Waals surface area contributed by atoms with Gasteiger partial charge in [-0.05, 0) is 41.9 Å². The maximum atomic E-state index is 11.6. The molecule has 0 heterocycles. The highest BCUT2D eigenvalue weighted by atomic mass is 79.9. The van der Waals surface area contributed by atoms with Gasteiger partial charge in [0.25, 0.3) is 5.69 Å². The molecule has 0 bridgehead atoms. The number of benzene rings is 1. The fourth-order valence-electron chi connectivity index (χ4n) is 1.23. The van der Waals surface area contributed by atoms with Gasteiger partial charge in [0.15, 0.2) is 0 Å². The lowest BCUT2D eigenvalue weighted by atomic mass is 10.1. The third kappa shape index (κ3) is 3.92. The molecule has 0 spiro atoms. The van der Waals surface area contributed by atoms with E-state index in [9.17, 15) is 19.7 Å². The van der Waals surface area contributed by atoms with Crippen LogP contribution in [0.1, 0.15) is 13.8 Å². The molecule has 0 saturated heterocycles. The van der Waals surface area contributed by atoms with Gasteiger partial charge < -0.3 is 15.7 Å². The molecule has 0 fully saturated rings. The smallest absolute Gasteiger partial charge is 0.328 e. The topological polar surface area (TPSA) is 122 Å². The van der Waals surface area contributed by atoms with Gasteiger partial charge in [-0.2, -0.15) is 0 Å². The van der Waals surface area contributed by atoms with Crippen LogP contribution in [-0.2, 0) is 4.79 Å². The molecule has 3 N–H and O–H groups in total. The van der Waals surface area contributed by atoms with Crippen LogP contribution in [0, 0.1) is 10.1 Å². The number of hydrogen-bond acceptors (Lipinski definition) is 4. The highest BCUT2D eigenvalue weighted by Crippen LogP contribution is 2.27. The maximum absolute atomic E-state index is 11.6. The molecular formula is C11H12BrN3O5. The Labute approximate surface area is 122 Å². The number of aliphatic carboxylic acids is 1. The molecule has 20 heavy (non-hydrogen) atoms. The number of nitrogens with zero attached hydrogens (tertiary/aromatic N) is 1. The monoisotopic (exact) mass is 345 g/mol. The Bertz CT molecular complexity index is 573. The van der Waals surface area contributed by atoms with Crippen LogP contribution in [0.5, 0.6) is 0 Å². The van der Waals surface area contributed by atoms with Crippen molar-refractivity contribution >= 4 is 39.3 Å². The van der Waals surface area contributed by atoms with Gasteiger partial charge in [0.1, 0.15) is 5.54 Å². The molecule has 0 radical (unpaired) electrons. The number of anilines is 1. The molecular weight excluding hydrogens is 334 g/mol. The second kappa shape index (κ2) is 5.87. The zero-order chi connectivity index (χ0) is 15.5. The van der Waals surface area contributed by atoms with E-state index in [2.05, 4.69) is 26.6 Å². The third-order valence-electron chi connectivity index (χ3n) is 2.36. The number of nitrogens with one attached hydrogen (secondary N) is 2. The largest absolute Gasteiger partial charge is 0.480 e. The number of carboxylic acid groups (broad SMARTS) is 1. The standard InChI is InChI=1S/C11H12BrN3O5/c1-11(2,9(16)17)14-10(18)13-6-3-4-7(12)8(5-6)15(19)20/h3-5H,1-2H3,(H,16,17)(H2,13,14,18). The Kier molecular flexibility index (Phi) is 4.66. The van der Waals surface area contributed by atoms with E-state index in [0.717, 1.165) is 6.07 Å². The van der Waals surface area contributed by atoms with Crippen molar-refractivity contribution in [1.29, 1.82) is 0 Å². The molecule has 1 aromatic rings. The summed E-state index contributed by atoms with van der Waals surface area (Å²) in [6.45, 7) is 2.64. The number of halogens is 1. The molecule has 2 amide bonds. The minimum Gasteiger partial charge on any atom is -0.480 e. The zero-order valence-electron chi connectivity index (χ0n) is 10.6. The molecule has 0 unspecified atom stereocenters. The van der Waals surface area contributed by atoms with Crippen molar-refractivity contribution in [1.82, 2.24) is 5.32 Å². The molecule has 0 aromatic heterocycles. The molecule has 108 valence electrons. The summed E-state index contributed by atoms with van der Waals surface area (Å²) in [6.07, 6.45) is 0. The van der Waals surface area contributed by atoms with E-state index < -0.39 is 22.5 Å². The number of carbonyl (C=O) groups excluding carboxylic acids is 1. The average molecular weight is 346 g/mol. The molecule has 1 rings (SSSR count). The van der Waals surface area contributed by atoms with Gasteiger partial charge in [-0.1, -0.05) is 0 Å². The number of amides is 2. The fraction of sp³-hybridized carbons (Fsp3) is 0.273. The van der Waals surface area contributed by atoms with E-state index in [1.165, 1.54) is 26.0 Å². The normalized spacial score (nSPS) is 10.8. The van der Waals surface area contributed by atoms with Crippen LogP contribution in [0.3, 0.4) is 0 Å². The number of urea groups is 1. The summed E-state index contributed by atoms with van der Waals surface area (Å²) in [5.74, 6) is -1.20. The summed E-state index contributed by atoms with van der Waals surface area (Å²) in [5, 5.41) is 24.2. The van der Waals surface area contributed by atoms with E-state index in [4.69, 9.17) is 5.11 Å². The van der Waals surface area contributed by atoms with E-state index in [1.54, 1.807) is 0 Å². The Balaban J connectivity index is 2.84. The minimum absolute atomic E-state index is 0.179. The van der Waals surface area contributed by atoms with Crippen molar-refractivity contribution in [3.63, 3.8) is 0 Å². The summed E-state index contributed by atoms with van der Waals surface area (Å²) >= 11 is 3.02. The minimum atomic E-state index is -1.45. The molecule has 1 aromatic carbocycles. The van der Waals surface area contributed by atoms with Gasteiger partial charge in [-0.15, -0.1) is 0 Å². The van der Waals surface area contributed by atoms with Crippen molar-refractivity contribution in [2.24, 2.45) is 0 Å². The van der Waals surface area contributed by atoms with Crippen LogP contribution >= 0.6 is 15.9 Å². The predicted molar refractivity (Wildman–Crippen MR) is 74.7 cm³/mol. The van der Waals surface area contributed by atoms with E-state index in [0.29, 0.717) is 0 Å². The van der Waals surface area contributed by atoms with Crippen LogP contribution in [0.4, 0.5) is 16.2 Å². The summed E-state index contributed by atoms with van der Waals surface area (Å²) in [5.41, 5.74) is -1.48. The van der Waals surface area contributed by atoms with Gasteiger partial charge in [-0.25, -0.2) is 9.59 Å². The van der Waals surface area contributed by atoms with Crippen molar-refractivity contribution in [3.05, 3.63) is 32.8 Å². The van der Waals surface area contributed by atoms with Gasteiger partial charge in [0.05, 0.1) is 9.40 Å². The van der Waals surface area contributed by atoms with Crippen LogP contribution in [-0.4, -0.2) is 27.6 Å². The number of rotatable bonds is 4. The van der Waals surface area contributed by atoms with E-state index in [-0.39, 0.29) is 15.8 Å². The lowest BCUT2D eigenvalue weighted by molar-refractivity contribution is -0.385. The molecule has 9 heteroatoms. The maximum Gasteiger partial charge on any atom is 0.328 e. The van der Waals surface area contributed by atoms with Crippen LogP contribution in [0.25, 0.3) is 0 Å². The second-order valence-corrected chi connectivity index (χ2v) is 5.29. The Morgan fingerprint density at radius 2 is 2.00 bits per heavy atom. The molecule has 0 aliphatic heterocycles. The predicted octanol–water partition coefficient (Wildman–Crippen LogP) is 2.34. The van der Waals surface area contributed by atoms with E-state index in [1.807, 2.05) is 0 Å². The van der Waals surface area contributed by atoms with Crippen molar-refractivity contribution in [2.75, 3.05) is 5.32 Å². The van der Waals surface area contributed by atoms with Gasteiger partial charge in [-0.3, -0.25) is 10.1 Å². The number of nitro benzene ring substituents is 1. The van der Waals surface area contributed by atoms with Crippen LogP contribution in [0.15, 0.2) is 22.7 Å². The first-order valence-electron chi connectivity index (χ1n) is 5.40. The molecule has 0 aliphatic carbocycles. The fourth-order valence-corrected chi connectivity index (χ4v) is 1.62. The Hall–Kier alpha value is -2.16. The zero-order valence-corrected chi connectivity index (χ0v) is 12.2. The Morgan fingerprint density at radius 3 is 2.50 bits per heavy atom. The number of nitro groups is 1. The van der Waals surface area contributed by atoms with Crippen LogP contribution in [0.2, 0.25) is 0 Å². The van der Waals surface area contributed by atoms with Gasteiger partial charge >= 0.3 is 12.0 Å². The van der Waals surface area contributed by atoms with Crippen molar-refractivity contribution < 1.29 is 19.6 Å². The van der Waals surface area contributed by atoms with Crippen LogP contribution < -0.4 is 10.6 Å². The lowest BCUT2D eigenvalue weighted by Crippen LogP contribution is -2.51. The first-order valence-corrected chi connectivity index (χ1v) is 6.19. The number of hydrogen-bond donors (Lipinski definition) is 3. The molecule has 0 aliphatic rings. The quantitative estimate of drug-likeness (QED) is 0.571. The first kappa shape index (κ1) is 15.9. The lowest BCUT2D eigenvalue weighted by Gasteiger charge is -2.21. The summed E-state index contributed by atoms with van der Waals surface area (Å²) in [6, 6.07) is 3.26. The highest BCUT2D eigenvalue weighted by Gasteiger charge is 2.29. The Morgan fingerprint density at radius 1 is 1.40 bits per heavy atom. The summed E-state index contributed by atoms with van der Waals surface area (Å²) in [7, 11) is 0. The number of carboxylic acids is 1. The number of carbonyl (C=O) groups is 2. The van der Waals surface area contributed by atoms with Gasteiger partial charge in [0, 0.05) is 11.8 Å². The summed E-state index contributed by atoms with van der Waals surface area (Å²) in [4.78, 5) is 32.6. The first-order chi connectivity index (χ1) is 9.13. The van der Waals surface area contributed by atoms with Crippen molar-refractivity contribution in [3.8, 4) is 0 Å².